The van der Waals surface area contributed by atoms with Crippen LogP contribution in [-0.4, -0.2) is 6.54 Å². The zero-order valence-corrected chi connectivity index (χ0v) is 8.56. The molecule has 1 heterocycles. The van der Waals surface area contributed by atoms with E-state index in [9.17, 15) is 0 Å². The van der Waals surface area contributed by atoms with Gasteiger partial charge in [-0.1, -0.05) is 24.6 Å². The lowest BCUT2D eigenvalue weighted by Gasteiger charge is -2.24. The summed E-state index contributed by atoms with van der Waals surface area (Å²) in [6.07, 6.45) is 3.89. The molecule has 70 valence electrons. The first kappa shape index (κ1) is 9.10. The Labute approximate surface area is 85.0 Å². The number of hydrogen-bond donors (Lipinski definition) is 2. The normalized spacial score (nSPS) is 23.0. The van der Waals surface area contributed by atoms with Gasteiger partial charge in [0.05, 0.1) is 0 Å². The Morgan fingerprint density at radius 1 is 1.23 bits per heavy atom. The summed E-state index contributed by atoms with van der Waals surface area (Å²) in [5.41, 5.74) is 1.35. The Hall–Kier alpha value is -0.470. The maximum Gasteiger partial charge on any atom is 0.0331 e. The van der Waals surface area contributed by atoms with Crippen LogP contribution >= 0.6 is 12.6 Å². The predicted octanol–water partition coefficient (Wildman–Crippen LogP) is 2.79. The number of nitrogens with one attached hydrogen (secondary N) is 1. The second-order valence-electron chi connectivity index (χ2n) is 3.56. The van der Waals surface area contributed by atoms with E-state index in [2.05, 4.69) is 36.1 Å². The van der Waals surface area contributed by atoms with Crippen molar-refractivity contribution in [2.75, 3.05) is 6.54 Å². The van der Waals surface area contributed by atoms with Gasteiger partial charge in [-0.15, -0.1) is 12.6 Å². The van der Waals surface area contributed by atoms with Gasteiger partial charge in [0, 0.05) is 10.9 Å². The molecule has 0 spiro atoms. The van der Waals surface area contributed by atoms with E-state index in [1.54, 1.807) is 0 Å². The van der Waals surface area contributed by atoms with Crippen molar-refractivity contribution in [1.29, 1.82) is 0 Å². The summed E-state index contributed by atoms with van der Waals surface area (Å²) in [7, 11) is 0. The van der Waals surface area contributed by atoms with Gasteiger partial charge < -0.3 is 5.32 Å². The minimum Gasteiger partial charge on any atom is -0.310 e. The van der Waals surface area contributed by atoms with E-state index in [4.69, 9.17) is 0 Å². The number of thiol groups is 1. The molecule has 0 saturated carbocycles. The fraction of sp³-hybridized carbons (Fsp3) is 0.455. The lowest BCUT2D eigenvalue weighted by atomic mass is 9.98. The zero-order valence-electron chi connectivity index (χ0n) is 7.66. The van der Waals surface area contributed by atoms with E-state index in [1.807, 2.05) is 6.07 Å². The van der Waals surface area contributed by atoms with Crippen molar-refractivity contribution in [3.8, 4) is 0 Å². The van der Waals surface area contributed by atoms with Crippen molar-refractivity contribution in [2.24, 2.45) is 0 Å². The lowest BCUT2D eigenvalue weighted by molar-refractivity contribution is 0.408. The Morgan fingerprint density at radius 3 is 2.77 bits per heavy atom. The average molecular weight is 193 g/mol. The summed E-state index contributed by atoms with van der Waals surface area (Å²) in [5, 5.41) is 3.53. The standard InChI is InChI=1S/C11H15NS/c13-11-7-2-1-5-9(11)10-6-3-4-8-12-10/h1-2,5,7,10,12-13H,3-4,6,8H2/t10-/m1/s1. The van der Waals surface area contributed by atoms with Crippen molar-refractivity contribution < 1.29 is 0 Å². The predicted molar refractivity (Wildman–Crippen MR) is 58.3 cm³/mol. The van der Waals surface area contributed by atoms with Crippen LogP contribution in [0.4, 0.5) is 0 Å². The van der Waals surface area contributed by atoms with E-state index < -0.39 is 0 Å². The number of piperidine rings is 1. The van der Waals surface area contributed by atoms with Gasteiger partial charge in [0.15, 0.2) is 0 Å². The first-order valence-corrected chi connectivity index (χ1v) is 5.34. The topological polar surface area (TPSA) is 12.0 Å². The number of benzene rings is 1. The third-order valence-corrected chi connectivity index (χ3v) is 3.03. The molecule has 1 N–H and O–H groups in total. The summed E-state index contributed by atoms with van der Waals surface area (Å²) in [6, 6.07) is 8.89. The molecule has 2 heteroatoms. The van der Waals surface area contributed by atoms with Gasteiger partial charge in [0.25, 0.3) is 0 Å². The summed E-state index contributed by atoms with van der Waals surface area (Å²) < 4.78 is 0. The molecule has 1 aliphatic rings. The van der Waals surface area contributed by atoms with Crippen LogP contribution in [0, 0.1) is 0 Å². The maximum atomic E-state index is 4.47. The molecule has 0 radical (unpaired) electrons. The monoisotopic (exact) mass is 193 g/mol. The molecule has 1 saturated heterocycles. The Balaban J connectivity index is 2.18. The van der Waals surface area contributed by atoms with Crippen LogP contribution < -0.4 is 5.32 Å². The van der Waals surface area contributed by atoms with E-state index in [0.717, 1.165) is 11.4 Å². The van der Waals surface area contributed by atoms with Crippen LogP contribution in [0.3, 0.4) is 0 Å². The van der Waals surface area contributed by atoms with Crippen molar-refractivity contribution in [3.05, 3.63) is 29.8 Å². The molecule has 1 fully saturated rings. The third kappa shape index (κ3) is 2.06. The van der Waals surface area contributed by atoms with Gasteiger partial charge in [0.1, 0.15) is 0 Å². The molecule has 0 unspecified atom stereocenters. The van der Waals surface area contributed by atoms with Crippen molar-refractivity contribution in [3.63, 3.8) is 0 Å². The molecule has 2 rings (SSSR count). The van der Waals surface area contributed by atoms with E-state index in [0.29, 0.717) is 6.04 Å². The number of hydrogen-bond acceptors (Lipinski definition) is 2. The number of rotatable bonds is 1. The molecule has 0 amide bonds. The van der Waals surface area contributed by atoms with Gasteiger partial charge in [0.2, 0.25) is 0 Å². The summed E-state index contributed by atoms with van der Waals surface area (Å²) >= 11 is 4.47. The Morgan fingerprint density at radius 2 is 2.08 bits per heavy atom. The lowest BCUT2D eigenvalue weighted by Crippen LogP contribution is -2.26. The van der Waals surface area contributed by atoms with Crippen molar-refractivity contribution in [2.45, 2.75) is 30.2 Å². The van der Waals surface area contributed by atoms with Crippen molar-refractivity contribution >= 4 is 12.6 Å². The van der Waals surface area contributed by atoms with E-state index >= 15 is 0 Å². The summed E-state index contributed by atoms with van der Waals surface area (Å²) in [4.78, 5) is 1.11. The highest BCUT2D eigenvalue weighted by Gasteiger charge is 2.15. The first-order valence-electron chi connectivity index (χ1n) is 4.89. The molecular weight excluding hydrogens is 178 g/mol. The van der Waals surface area contributed by atoms with Gasteiger partial charge in [-0.3, -0.25) is 0 Å². The van der Waals surface area contributed by atoms with Gasteiger partial charge in [-0.2, -0.15) is 0 Å². The average Bonchev–Trinajstić information content (AvgIpc) is 2.20. The molecule has 13 heavy (non-hydrogen) atoms. The molecule has 1 aromatic carbocycles. The Kier molecular flexibility index (Phi) is 2.91. The molecule has 1 aliphatic heterocycles. The maximum absolute atomic E-state index is 4.47. The second-order valence-corrected chi connectivity index (χ2v) is 4.04. The van der Waals surface area contributed by atoms with Crippen LogP contribution in [0.2, 0.25) is 0 Å². The van der Waals surface area contributed by atoms with Crippen LogP contribution in [0.25, 0.3) is 0 Å². The van der Waals surface area contributed by atoms with Crippen LogP contribution in [0.5, 0.6) is 0 Å². The minimum atomic E-state index is 0.530. The molecule has 1 aromatic rings. The highest BCUT2D eigenvalue weighted by Crippen LogP contribution is 2.27. The molecule has 0 aromatic heterocycles. The first-order chi connectivity index (χ1) is 6.38. The summed E-state index contributed by atoms with van der Waals surface area (Å²) in [6.45, 7) is 1.15. The van der Waals surface area contributed by atoms with Crippen molar-refractivity contribution in [1.82, 2.24) is 5.32 Å². The molecular formula is C11H15NS. The third-order valence-electron chi connectivity index (χ3n) is 2.62. The van der Waals surface area contributed by atoms with Crippen LogP contribution in [-0.2, 0) is 0 Å². The van der Waals surface area contributed by atoms with Crippen LogP contribution in [0.1, 0.15) is 30.9 Å². The molecule has 0 bridgehead atoms. The Bertz CT molecular complexity index is 279. The van der Waals surface area contributed by atoms with Gasteiger partial charge in [-0.05, 0) is 31.0 Å². The SMILES string of the molecule is Sc1ccccc1[C@H]1CCCCN1. The quantitative estimate of drug-likeness (QED) is 0.654. The fourth-order valence-electron chi connectivity index (χ4n) is 1.90. The minimum absolute atomic E-state index is 0.530. The smallest absolute Gasteiger partial charge is 0.0331 e. The largest absolute Gasteiger partial charge is 0.310 e. The van der Waals surface area contributed by atoms with E-state index in [-0.39, 0.29) is 0 Å². The van der Waals surface area contributed by atoms with E-state index in [1.165, 1.54) is 24.8 Å². The molecule has 1 atom stereocenters. The van der Waals surface area contributed by atoms with Gasteiger partial charge >= 0.3 is 0 Å². The molecule has 0 aliphatic carbocycles. The zero-order chi connectivity index (χ0) is 9.10. The highest BCUT2D eigenvalue weighted by molar-refractivity contribution is 7.80. The molecule has 1 nitrogen and oxygen atoms in total. The summed E-state index contributed by atoms with van der Waals surface area (Å²) in [5.74, 6) is 0. The van der Waals surface area contributed by atoms with Crippen LogP contribution in [0.15, 0.2) is 29.2 Å². The highest BCUT2D eigenvalue weighted by atomic mass is 32.1. The fourth-order valence-corrected chi connectivity index (χ4v) is 2.22. The second kappa shape index (κ2) is 4.16. The van der Waals surface area contributed by atoms with Gasteiger partial charge in [-0.25, -0.2) is 0 Å².